The van der Waals surface area contributed by atoms with Crippen LogP contribution in [0.2, 0.25) is 0 Å². The topological polar surface area (TPSA) is 43.5 Å². The van der Waals surface area contributed by atoms with Crippen LogP contribution in [0.1, 0.15) is 13.8 Å². The molecule has 3 aliphatic heterocycles. The molecule has 0 radical (unpaired) electrons. The Labute approximate surface area is 129 Å². The average Bonchev–Trinajstić information content (AvgIpc) is 3.28. The van der Waals surface area contributed by atoms with Crippen molar-refractivity contribution in [1.82, 2.24) is 0 Å². The van der Waals surface area contributed by atoms with Crippen molar-refractivity contribution in [3.8, 4) is 0 Å². The Morgan fingerprint density at radius 1 is 0.900 bits per heavy atom. The van der Waals surface area contributed by atoms with Gasteiger partial charge < -0.3 is 18.9 Å². The molecule has 0 N–H and O–H groups in total. The maximum Gasteiger partial charge on any atom is 0.104 e. The summed E-state index contributed by atoms with van der Waals surface area (Å²) >= 11 is 4.04. The molecule has 0 aromatic carbocycles. The second-order valence-corrected chi connectivity index (χ2v) is 9.54. The Bertz CT molecular complexity index is 291. The van der Waals surface area contributed by atoms with Crippen LogP contribution >= 0.6 is 23.5 Å². The fourth-order valence-electron chi connectivity index (χ4n) is 2.04. The minimum absolute atomic E-state index is 0.221. The second-order valence-electron chi connectivity index (χ2n) is 6.42. The lowest BCUT2D eigenvalue weighted by Crippen LogP contribution is -2.44. The molecule has 0 aromatic rings. The Morgan fingerprint density at radius 3 is 1.60 bits per heavy atom. The van der Waals surface area contributed by atoms with Gasteiger partial charge in [0.1, 0.15) is 12.2 Å². The molecule has 4 atom stereocenters. The highest BCUT2D eigenvalue weighted by Gasteiger charge is 2.40. The van der Waals surface area contributed by atoms with E-state index in [1.54, 1.807) is 0 Å². The summed E-state index contributed by atoms with van der Waals surface area (Å²) in [6.45, 7) is 9.49. The SMILES string of the molecule is CC1(COCC2CO2)CSC(C)(COCC2CO2)CS1. The summed E-state index contributed by atoms with van der Waals surface area (Å²) in [7, 11) is 0. The standard InChI is InChI=1S/C14H24O4S2/c1-13(7-15-3-11-5-17-11)9-20-14(2,10-19-13)8-16-4-12-6-18-12/h11-12H,3-10H2,1-2H3. The van der Waals surface area contributed by atoms with Crippen molar-refractivity contribution >= 4 is 23.5 Å². The molecular formula is C14H24O4S2. The van der Waals surface area contributed by atoms with Gasteiger partial charge in [0.05, 0.1) is 39.6 Å². The summed E-state index contributed by atoms with van der Waals surface area (Å²) in [6.07, 6.45) is 0.728. The molecule has 6 heteroatoms. The highest BCUT2D eigenvalue weighted by Crippen LogP contribution is 2.44. The molecule has 3 rings (SSSR count). The van der Waals surface area contributed by atoms with Crippen molar-refractivity contribution in [1.29, 1.82) is 0 Å². The molecule has 0 saturated carbocycles. The van der Waals surface area contributed by atoms with Crippen molar-refractivity contribution in [2.24, 2.45) is 0 Å². The third kappa shape index (κ3) is 4.78. The van der Waals surface area contributed by atoms with Gasteiger partial charge in [0, 0.05) is 21.0 Å². The molecule has 0 spiro atoms. The molecule has 3 fully saturated rings. The summed E-state index contributed by atoms with van der Waals surface area (Å²) in [5.41, 5.74) is 0. The van der Waals surface area contributed by atoms with E-state index >= 15 is 0 Å². The molecule has 20 heavy (non-hydrogen) atoms. The van der Waals surface area contributed by atoms with Gasteiger partial charge in [-0.25, -0.2) is 0 Å². The van der Waals surface area contributed by atoms with Gasteiger partial charge in [-0.3, -0.25) is 0 Å². The Morgan fingerprint density at radius 2 is 1.30 bits per heavy atom. The largest absolute Gasteiger partial charge is 0.377 e. The van der Waals surface area contributed by atoms with Gasteiger partial charge in [-0.1, -0.05) is 0 Å². The fourth-order valence-corrected chi connectivity index (χ4v) is 4.87. The number of epoxide rings is 2. The van der Waals surface area contributed by atoms with Crippen LogP contribution in [0.4, 0.5) is 0 Å². The molecule has 0 aromatic heterocycles. The normalized spacial score (nSPS) is 43.5. The van der Waals surface area contributed by atoms with Crippen molar-refractivity contribution in [3.63, 3.8) is 0 Å². The molecule has 3 aliphatic rings. The molecule has 0 aliphatic carbocycles. The number of hydrogen-bond acceptors (Lipinski definition) is 6. The summed E-state index contributed by atoms with van der Waals surface area (Å²) in [6, 6.07) is 0. The molecule has 0 bridgehead atoms. The van der Waals surface area contributed by atoms with Crippen LogP contribution in [0.15, 0.2) is 0 Å². The zero-order chi connectivity index (χ0) is 14.1. The van der Waals surface area contributed by atoms with Crippen LogP contribution in [0.25, 0.3) is 0 Å². The molecule has 4 unspecified atom stereocenters. The van der Waals surface area contributed by atoms with E-state index in [-0.39, 0.29) is 9.49 Å². The molecule has 0 amide bonds. The minimum Gasteiger partial charge on any atom is -0.377 e. The van der Waals surface area contributed by atoms with Gasteiger partial charge in [0.25, 0.3) is 0 Å². The first-order valence-corrected chi connectivity index (χ1v) is 9.21. The highest BCUT2D eigenvalue weighted by atomic mass is 32.2. The summed E-state index contributed by atoms with van der Waals surface area (Å²) in [5, 5.41) is 0. The Hall–Kier alpha value is 0.540. The fraction of sp³-hybridized carbons (Fsp3) is 1.00. The van der Waals surface area contributed by atoms with Gasteiger partial charge >= 0.3 is 0 Å². The minimum atomic E-state index is 0.221. The number of rotatable bonds is 8. The maximum atomic E-state index is 5.78. The number of ether oxygens (including phenoxy) is 4. The third-order valence-electron chi connectivity index (χ3n) is 3.68. The third-order valence-corrected chi connectivity index (χ3v) is 7.53. The van der Waals surface area contributed by atoms with Crippen LogP contribution in [0.5, 0.6) is 0 Å². The molecule has 4 nitrogen and oxygen atoms in total. The van der Waals surface area contributed by atoms with Crippen LogP contribution in [0, 0.1) is 0 Å². The molecule has 3 heterocycles. The highest BCUT2D eigenvalue weighted by molar-refractivity contribution is 8.08. The Kier molecular flexibility index (Phi) is 4.90. The van der Waals surface area contributed by atoms with Gasteiger partial charge in [-0.05, 0) is 13.8 Å². The lowest BCUT2D eigenvalue weighted by atomic mass is 10.2. The lowest BCUT2D eigenvalue weighted by Gasteiger charge is -2.41. The predicted molar refractivity (Wildman–Crippen MR) is 82.8 cm³/mol. The van der Waals surface area contributed by atoms with Crippen molar-refractivity contribution in [3.05, 3.63) is 0 Å². The number of hydrogen-bond donors (Lipinski definition) is 0. The van der Waals surface area contributed by atoms with Gasteiger partial charge in [-0.2, -0.15) is 23.5 Å². The van der Waals surface area contributed by atoms with Crippen LogP contribution in [-0.2, 0) is 18.9 Å². The van der Waals surface area contributed by atoms with Gasteiger partial charge in [0.2, 0.25) is 0 Å². The van der Waals surface area contributed by atoms with E-state index in [1.165, 1.54) is 0 Å². The van der Waals surface area contributed by atoms with Crippen LogP contribution in [-0.4, -0.2) is 72.8 Å². The summed E-state index contributed by atoms with van der Waals surface area (Å²) in [4.78, 5) is 0. The van der Waals surface area contributed by atoms with Gasteiger partial charge in [0.15, 0.2) is 0 Å². The first-order chi connectivity index (χ1) is 9.57. The van der Waals surface area contributed by atoms with E-state index in [1.807, 2.05) is 23.5 Å². The van der Waals surface area contributed by atoms with Crippen molar-refractivity contribution in [2.45, 2.75) is 35.5 Å². The Balaban J connectivity index is 1.35. The van der Waals surface area contributed by atoms with E-state index in [0.717, 1.165) is 51.1 Å². The molecular weight excluding hydrogens is 296 g/mol. The van der Waals surface area contributed by atoms with Gasteiger partial charge in [-0.15, -0.1) is 0 Å². The zero-order valence-corrected chi connectivity index (χ0v) is 13.9. The monoisotopic (exact) mass is 320 g/mol. The quantitative estimate of drug-likeness (QED) is 0.636. The van der Waals surface area contributed by atoms with E-state index in [9.17, 15) is 0 Å². The van der Waals surface area contributed by atoms with E-state index < -0.39 is 0 Å². The first kappa shape index (κ1) is 15.4. The van der Waals surface area contributed by atoms with Crippen LogP contribution in [0.3, 0.4) is 0 Å². The van der Waals surface area contributed by atoms with Crippen molar-refractivity contribution < 1.29 is 18.9 Å². The van der Waals surface area contributed by atoms with E-state index in [0.29, 0.717) is 12.2 Å². The molecule has 116 valence electrons. The first-order valence-electron chi connectivity index (χ1n) is 7.24. The lowest BCUT2D eigenvalue weighted by molar-refractivity contribution is 0.0993. The average molecular weight is 320 g/mol. The van der Waals surface area contributed by atoms with Crippen molar-refractivity contribution in [2.75, 3.05) is 51.1 Å². The second kappa shape index (κ2) is 6.34. The maximum absolute atomic E-state index is 5.78. The van der Waals surface area contributed by atoms with E-state index in [4.69, 9.17) is 18.9 Å². The van der Waals surface area contributed by atoms with E-state index in [2.05, 4.69) is 13.8 Å². The number of thioether (sulfide) groups is 2. The smallest absolute Gasteiger partial charge is 0.104 e. The predicted octanol–water partition coefficient (Wildman–Crippen LogP) is 1.81. The summed E-state index contributed by atoms with van der Waals surface area (Å²) in [5.74, 6) is 2.23. The summed E-state index contributed by atoms with van der Waals surface area (Å²) < 4.78 is 22.3. The zero-order valence-electron chi connectivity index (χ0n) is 12.3. The van der Waals surface area contributed by atoms with Crippen LogP contribution < -0.4 is 0 Å². The molecule has 3 saturated heterocycles.